The predicted molar refractivity (Wildman–Crippen MR) is 110 cm³/mol. The standard InChI is InChI=1S/C21H22N6O2/c22-18-5-7-23-20(25-18)27-8-6-21(14-27)13-26(9-10-29-21)19(28)16-11-15-3-1-2-4-17(15)24-12-16/h1-5,7,11-12H,6,8-10,13-14H2,(H2,22,23,25). The van der Waals surface area contributed by atoms with Crippen LogP contribution in [0.4, 0.5) is 11.8 Å². The number of pyridine rings is 1. The summed E-state index contributed by atoms with van der Waals surface area (Å²) < 4.78 is 6.16. The number of hydrogen-bond acceptors (Lipinski definition) is 7. The molecule has 3 aromatic rings. The van der Waals surface area contributed by atoms with Gasteiger partial charge in [0.25, 0.3) is 5.91 Å². The quantitative estimate of drug-likeness (QED) is 0.712. The highest BCUT2D eigenvalue weighted by molar-refractivity contribution is 5.97. The molecule has 1 amide bonds. The minimum Gasteiger partial charge on any atom is -0.384 e. The van der Waals surface area contributed by atoms with Crippen LogP contribution in [0.25, 0.3) is 10.9 Å². The molecule has 29 heavy (non-hydrogen) atoms. The Morgan fingerprint density at radius 3 is 2.93 bits per heavy atom. The normalized spacial score (nSPS) is 21.8. The third kappa shape index (κ3) is 3.36. The van der Waals surface area contributed by atoms with Crippen molar-refractivity contribution in [3.63, 3.8) is 0 Å². The summed E-state index contributed by atoms with van der Waals surface area (Å²) in [6.45, 7) is 3.03. The summed E-state index contributed by atoms with van der Waals surface area (Å²) in [4.78, 5) is 30.2. The fraction of sp³-hybridized carbons (Fsp3) is 0.333. The van der Waals surface area contributed by atoms with Crippen molar-refractivity contribution in [3.8, 4) is 0 Å². The lowest BCUT2D eigenvalue weighted by Crippen LogP contribution is -2.55. The van der Waals surface area contributed by atoms with E-state index in [-0.39, 0.29) is 5.91 Å². The summed E-state index contributed by atoms with van der Waals surface area (Å²) >= 11 is 0. The SMILES string of the molecule is Nc1ccnc(N2CCC3(CN(C(=O)c4cnc5ccccc5c4)CCO3)C2)n1. The van der Waals surface area contributed by atoms with Crippen molar-refractivity contribution in [2.45, 2.75) is 12.0 Å². The maximum Gasteiger partial charge on any atom is 0.255 e. The van der Waals surface area contributed by atoms with Crippen LogP contribution >= 0.6 is 0 Å². The Kier molecular flexibility index (Phi) is 4.28. The zero-order chi connectivity index (χ0) is 19.8. The third-order valence-electron chi connectivity index (χ3n) is 5.64. The highest BCUT2D eigenvalue weighted by Crippen LogP contribution is 2.32. The van der Waals surface area contributed by atoms with Crippen LogP contribution in [-0.2, 0) is 4.74 Å². The number of benzene rings is 1. The number of amides is 1. The van der Waals surface area contributed by atoms with Crippen LogP contribution < -0.4 is 10.6 Å². The smallest absolute Gasteiger partial charge is 0.255 e. The minimum atomic E-state index is -0.411. The Morgan fingerprint density at radius 1 is 1.14 bits per heavy atom. The van der Waals surface area contributed by atoms with Crippen LogP contribution in [-0.4, -0.2) is 64.1 Å². The number of para-hydroxylation sites is 1. The average molecular weight is 390 g/mol. The van der Waals surface area contributed by atoms with Crippen molar-refractivity contribution in [1.82, 2.24) is 19.9 Å². The molecule has 1 aromatic carbocycles. The predicted octanol–water partition coefficient (Wildman–Crippen LogP) is 1.73. The summed E-state index contributed by atoms with van der Waals surface area (Å²) in [5, 5.41) is 0.965. The van der Waals surface area contributed by atoms with Crippen molar-refractivity contribution in [2.75, 3.05) is 43.4 Å². The average Bonchev–Trinajstić information content (AvgIpc) is 3.16. The third-order valence-corrected chi connectivity index (χ3v) is 5.64. The molecule has 1 unspecified atom stereocenters. The maximum atomic E-state index is 13.2. The van der Waals surface area contributed by atoms with Crippen molar-refractivity contribution >= 4 is 28.6 Å². The molecule has 0 aliphatic carbocycles. The van der Waals surface area contributed by atoms with E-state index >= 15 is 0 Å². The molecular weight excluding hydrogens is 368 g/mol. The van der Waals surface area contributed by atoms with Crippen molar-refractivity contribution in [3.05, 3.63) is 54.4 Å². The monoisotopic (exact) mass is 390 g/mol. The Morgan fingerprint density at radius 2 is 2.03 bits per heavy atom. The molecule has 0 saturated carbocycles. The summed E-state index contributed by atoms with van der Waals surface area (Å²) in [7, 11) is 0. The zero-order valence-electron chi connectivity index (χ0n) is 16.0. The fourth-order valence-electron chi connectivity index (χ4n) is 4.17. The highest BCUT2D eigenvalue weighted by atomic mass is 16.5. The molecule has 8 heteroatoms. The number of anilines is 2. The van der Waals surface area contributed by atoms with Crippen LogP contribution in [0.3, 0.4) is 0 Å². The Balaban J connectivity index is 1.34. The summed E-state index contributed by atoms with van der Waals surface area (Å²) in [6, 6.07) is 11.4. The van der Waals surface area contributed by atoms with Gasteiger partial charge in [-0.1, -0.05) is 18.2 Å². The van der Waals surface area contributed by atoms with Gasteiger partial charge in [-0.15, -0.1) is 0 Å². The van der Waals surface area contributed by atoms with Gasteiger partial charge in [-0.3, -0.25) is 9.78 Å². The van der Waals surface area contributed by atoms with Gasteiger partial charge in [0.1, 0.15) is 11.4 Å². The first-order valence-corrected chi connectivity index (χ1v) is 9.73. The van der Waals surface area contributed by atoms with Crippen LogP contribution in [0.1, 0.15) is 16.8 Å². The molecule has 2 N–H and O–H groups in total. The van der Waals surface area contributed by atoms with Gasteiger partial charge in [-0.2, -0.15) is 4.98 Å². The van der Waals surface area contributed by atoms with E-state index in [9.17, 15) is 4.79 Å². The van der Waals surface area contributed by atoms with Gasteiger partial charge >= 0.3 is 0 Å². The van der Waals surface area contributed by atoms with Gasteiger partial charge in [0.05, 0.1) is 30.8 Å². The lowest BCUT2D eigenvalue weighted by Gasteiger charge is -2.40. The number of aromatic nitrogens is 3. The summed E-state index contributed by atoms with van der Waals surface area (Å²) in [6.07, 6.45) is 4.13. The largest absolute Gasteiger partial charge is 0.384 e. The molecule has 2 aliphatic rings. The van der Waals surface area contributed by atoms with E-state index in [2.05, 4.69) is 19.9 Å². The first-order chi connectivity index (χ1) is 14.1. The number of carbonyl (C=O) groups is 1. The molecule has 2 aromatic heterocycles. The molecule has 2 saturated heterocycles. The van der Waals surface area contributed by atoms with Crippen LogP contribution in [0.5, 0.6) is 0 Å². The highest BCUT2D eigenvalue weighted by Gasteiger charge is 2.44. The summed E-state index contributed by atoms with van der Waals surface area (Å²) in [5.74, 6) is 1.04. The van der Waals surface area contributed by atoms with Gasteiger partial charge in [0.2, 0.25) is 5.95 Å². The van der Waals surface area contributed by atoms with Crippen molar-refractivity contribution < 1.29 is 9.53 Å². The van der Waals surface area contributed by atoms with Crippen LogP contribution in [0.15, 0.2) is 48.8 Å². The topological polar surface area (TPSA) is 97.5 Å². The number of rotatable bonds is 2. The first-order valence-electron chi connectivity index (χ1n) is 9.73. The number of nitrogens with two attached hydrogens (primary N) is 1. The van der Waals surface area contributed by atoms with Gasteiger partial charge in [-0.25, -0.2) is 4.98 Å². The lowest BCUT2D eigenvalue weighted by molar-refractivity contribution is -0.0856. The van der Waals surface area contributed by atoms with E-state index in [1.807, 2.05) is 35.2 Å². The maximum absolute atomic E-state index is 13.2. The number of morpholine rings is 1. The van der Waals surface area contributed by atoms with Crippen LogP contribution in [0.2, 0.25) is 0 Å². The number of fused-ring (bicyclic) bond motifs is 1. The minimum absolute atomic E-state index is 0.00964. The van der Waals surface area contributed by atoms with Gasteiger partial charge in [0, 0.05) is 30.9 Å². The van der Waals surface area contributed by atoms with E-state index in [1.54, 1.807) is 18.5 Å². The van der Waals surface area contributed by atoms with Gasteiger partial charge in [-0.05, 0) is 24.6 Å². The molecule has 2 fully saturated rings. The Labute approximate surface area is 168 Å². The number of carbonyl (C=O) groups excluding carboxylic acids is 1. The summed E-state index contributed by atoms with van der Waals surface area (Å²) in [5.41, 5.74) is 6.87. The second-order valence-corrected chi connectivity index (χ2v) is 7.63. The second kappa shape index (κ2) is 6.97. The molecule has 148 valence electrons. The first kappa shape index (κ1) is 17.8. The number of nitrogen functional groups attached to an aromatic ring is 1. The van der Waals surface area contributed by atoms with Crippen LogP contribution in [0, 0.1) is 0 Å². The van der Waals surface area contributed by atoms with E-state index in [0.29, 0.717) is 43.6 Å². The van der Waals surface area contributed by atoms with E-state index < -0.39 is 5.60 Å². The van der Waals surface area contributed by atoms with E-state index in [0.717, 1.165) is 23.9 Å². The molecule has 8 nitrogen and oxygen atoms in total. The molecule has 1 spiro atoms. The fourth-order valence-corrected chi connectivity index (χ4v) is 4.17. The van der Waals surface area contributed by atoms with Gasteiger partial charge in [0.15, 0.2) is 0 Å². The molecule has 5 rings (SSSR count). The number of hydrogen-bond donors (Lipinski definition) is 1. The van der Waals surface area contributed by atoms with Crippen molar-refractivity contribution in [2.24, 2.45) is 0 Å². The van der Waals surface area contributed by atoms with Crippen molar-refractivity contribution in [1.29, 1.82) is 0 Å². The second-order valence-electron chi connectivity index (χ2n) is 7.63. The van der Waals surface area contributed by atoms with Gasteiger partial charge < -0.3 is 20.3 Å². The molecular formula is C21H22N6O2. The Bertz CT molecular complexity index is 1070. The molecule has 0 radical (unpaired) electrons. The molecule has 0 bridgehead atoms. The number of ether oxygens (including phenoxy) is 1. The zero-order valence-corrected chi connectivity index (χ0v) is 16.0. The van der Waals surface area contributed by atoms with E-state index in [1.165, 1.54) is 0 Å². The van der Waals surface area contributed by atoms with E-state index in [4.69, 9.17) is 10.5 Å². The molecule has 1 atom stereocenters. The molecule has 4 heterocycles. The number of nitrogens with zero attached hydrogens (tertiary/aromatic N) is 5. The Hall–Kier alpha value is -3.26. The molecule has 2 aliphatic heterocycles. The lowest BCUT2D eigenvalue weighted by atomic mass is 10.00.